The third kappa shape index (κ3) is 4.19. The van der Waals surface area contributed by atoms with E-state index in [1.807, 2.05) is 30.3 Å². The predicted octanol–water partition coefficient (Wildman–Crippen LogP) is 5.42. The number of carbonyl (C=O) groups is 1. The minimum absolute atomic E-state index is 0.175. The first-order valence-corrected chi connectivity index (χ1v) is 9.37. The minimum Gasteiger partial charge on any atom is -0.321 e. The average Bonchev–Trinajstić information content (AvgIpc) is 3.09. The van der Waals surface area contributed by atoms with E-state index in [-0.39, 0.29) is 17.5 Å². The zero-order chi connectivity index (χ0) is 19.6. The molecule has 1 N–H and O–H groups in total. The van der Waals surface area contributed by atoms with Gasteiger partial charge in [0, 0.05) is 11.4 Å². The SMILES string of the molecule is CC(C)c1cc(C(C)C)n(-c2ccc(Cl)c(C(=O)Nc3ccccc3)n2)n1. The van der Waals surface area contributed by atoms with Crippen molar-refractivity contribution in [3.05, 3.63) is 70.6 Å². The minimum atomic E-state index is -0.351. The van der Waals surface area contributed by atoms with Crippen molar-refractivity contribution >= 4 is 23.2 Å². The van der Waals surface area contributed by atoms with Crippen molar-refractivity contribution in [2.24, 2.45) is 0 Å². The molecule has 0 saturated heterocycles. The van der Waals surface area contributed by atoms with Crippen LogP contribution in [0.5, 0.6) is 0 Å². The molecule has 0 bridgehead atoms. The molecule has 140 valence electrons. The molecule has 2 aromatic heterocycles. The van der Waals surface area contributed by atoms with Crippen LogP contribution in [-0.4, -0.2) is 20.7 Å². The van der Waals surface area contributed by atoms with Gasteiger partial charge in [-0.2, -0.15) is 5.10 Å². The van der Waals surface area contributed by atoms with Crippen LogP contribution in [-0.2, 0) is 0 Å². The molecule has 0 aliphatic rings. The third-order valence-corrected chi connectivity index (χ3v) is 4.54. The molecular weight excluding hydrogens is 360 g/mol. The topological polar surface area (TPSA) is 59.8 Å². The van der Waals surface area contributed by atoms with Crippen molar-refractivity contribution in [2.75, 3.05) is 5.32 Å². The Labute approximate surface area is 164 Å². The lowest BCUT2D eigenvalue weighted by molar-refractivity contribution is 0.102. The number of amides is 1. The summed E-state index contributed by atoms with van der Waals surface area (Å²) in [5.74, 6) is 0.796. The van der Waals surface area contributed by atoms with E-state index < -0.39 is 0 Å². The van der Waals surface area contributed by atoms with E-state index in [2.05, 4.69) is 44.1 Å². The summed E-state index contributed by atoms with van der Waals surface area (Å²) < 4.78 is 1.80. The smallest absolute Gasteiger partial charge is 0.275 e. The first kappa shape index (κ1) is 19.1. The number of carbonyl (C=O) groups excluding carboxylic acids is 1. The van der Waals surface area contributed by atoms with Crippen molar-refractivity contribution in [2.45, 2.75) is 39.5 Å². The molecule has 27 heavy (non-hydrogen) atoms. The molecule has 6 heteroatoms. The summed E-state index contributed by atoms with van der Waals surface area (Å²) in [5, 5.41) is 7.82. The van der Waals surface area contributed by atoms with Crippen LogP contribution in [0.4, 0.5) is 5.69 Å². The highest BCUT2D eigenvalue weighted by Gasteiger charge is 2.19. The van der Waals surface area contributed by atoms with Gasteiger partial charge in [0.25, 0.3) is 5.91 Å². The van der Waals surface area contributed by atoms with Crippen LogP contribution in [0.3, 0.4) is 0 Å². The first-order valence-electron chi connectivity index (χ1n) is 9.00. The molecule has 0 atom stereocenters. The van der Waals surface area contributed by atoms with E-state index in [4.69, 9.17) is 16.7 Å². The van der Waals surface area contributed by atoms with Gasteiger partial charge in [-0.15, -0.1) is 0 Å². The predicted molar refractivity (Wildman–Crippen MR) is 109 cm³/mol. The van der Waals surface area contributed by atoms with Gasteiger partial charge in [0.15, 0.2) is 5.82 Å². The maximum Gasteiger partial charge on any atom is 0.275 e. The van der Waals surface area contributed by atoms with Crippen LogP contribution in [0.2, 0.25) is 5.02 Å². The first-order chi connectivity index (χ1) is 12.9. The molecule has 0 saturated carbocycles. The number of rotatable bonds is 5. The standard InChI is InChI=1S/C21H23ClN4O/c1-13(2)17-12-18(14(3)4)26(25-17)19-11-10-16(22)20(24-19)21(27)23-15-8-6-5-7-9-15/h5-14H,1-4H3,(H,23,27). The fourth-order valence-electron chi connectivity index (χ4n) is 2.71. The van der Waals surface area contributed by atoms with Gasteiger partial charge in [-0.1, -0.05) is 57.5 Å². The number of benzene rings is 1. The molecule has 0 spiro atoms. The molecule has 3 rings (SSSR count). The largest absolute Gasteiger partial charge is 0.321 e. The Balaban J connectivity index is 1.99. The van der Waals surface area contributed by atoms with E-state index in [1.54, 1.807) is 16.8 Å². The number of nitrogens with zero attached hydrogens (tertiary/aromatic N) is 3. The molecule has 0 fully saturated rings. The average molecular weight is 383 g/mol. The maximum atomic E-state index is 12.7. The van der Waals surface area contributed by atoms with Crippen LogP contribution < -0.4 is 5.32 Å². The molecule has 1 amide bonds. The number of anilines is 1. The van der Waals surface area contributed by atoms with Crippen molar-refractivity contribution in [1.29, 1.82) is 0 Å². The van der Waals surface area contributed by atoms with Crippen molar-refractivity contribution in [3.63, 3.8) is 0 Å². The Hall–Kier alpha value is -2.66. The summed E-state index contributed by atoms with van der Waals surface area (Å²) in [6.07, 6.45) is 0. The molecule has 0 unspecified atom stereocenters. The number of pyridine rings is 1. The van der Waals surface area contributed by atoms with Gasteiger partial charge >= 0.3 is 0 Å². The number of hydrogen-bond acceptors (Lipinski definition) is 3. The molecule has 0 aliphatic carbocycles. The Morgan fingerprint density at radius 1 is 1.04 bits per heavy atom. The number of halogens is 1. The Bertz CT molecular complexity index is 948. The van der Waals surface area contributed by atoms with Crippen LogP contribution in [0, 0.1) is 0 Å². The second-order valence-corrected chi connectivity index (χ2v) is 7.44. The lowest BCUT2D eigenvalue weighted by Gasteiger charge is -2.11. The summed E-state index contributed by atoms with van der Waals surface area (Å²) >= 11 is 6.25. The lowest BCUT2D eigenvalue weighted by Crippen LogP contribution is -2.16. The number of aromatic nitrogens is 3. The van der Waals surface area contributed by atoms with Crippen LogP contribution in [0.1, 0.15) is 61.4 Å². The van der Waals surface area contributed by atoms with E-state index in [0.29, 0.717) is 22.4 Å². The monoisotopic (exact) mass is 382 g/mol. The van der Waals surface area contributed by atoms with E-state index in [1.165, 1.54) is 0 Å². The van der Waals surface area contributed by atoms with Gasteiger partial charge in [-0.3, -0.25) is 4.79 Å². The molecule has 0 radical (unpaired) electrons. The van der Waals surface area contributed by atoms with Gasteiger partial charge in [0.05, 0.1) is 10.7 Å². The second kappa shape index (κ2) is 7.92. The van der Waals surface area contributed by atoms with E-state index in [9.17, 15) is 4.79 Å². The lowest BCUT2D eigenvalue weighted by atomic mass is 10.1. The Morgan fingerprint density at radius 2 is 1.74 bits per heavy atom. The third-order valence-electron chi connectivity index (χ3n) is 4.23. The van der Waals surface area contributed by atoms with Gasteiger partial charge in [0.2, 0.25) is 0 Å². The number of para-hydroxylation sites is 1. The fourth-order valence-corrected chi connectivity index (χ4v) is 2.90. The number of nitrogens with one attached hydrogen (secondary N) is 1. The van der Waals surface area contributed by atoms with Gasteiger partial charge < -0.3 is 5.32 Å². The highest BCUT2D eigenvalue weighted by Crippen LogP contribution is 2.25. The molecule has 0 aliphatic heterocycles. The molecule has 3 aromatic rings. The number of hydrogen-bond donors (Lipinski definition) is 1. The molecule has 2 heterocycles. The second-order valence-electron chi connectivity index (χ2n) is 7.04. The van der Waals surface area contributed by atoms with E-state index >= 15 is 0 Å². The van der Waals surface area contributed by atoms with Crippen LogP contribution in [0.25, 0.3) is 5.82 Å². The van der Waals surface area contributed by atoms with Gasteiger partial charge in [-0.05, 0) is 42.2 Å². The normalized spacial score (nSPS) is 11.2. The highest BCUT2D eigenvalue weighted by atomic mass is 35.5. The highest BCUT2D eigenvalue weighted by molar-refractivity contribution is 6.34. The Morgan fingerprint density at radius 3 is 2.37 bits per heavy atom. The fraction of sp³-hybridized carbons (Fsp3) is 0.286. The summed E-state index contributed by atoms with van der Waals surface area (Å²) in [5.41, 5.74) is 2.90. The Kier molecular flexibility index (Phi) is 5.61. The van der Waals surface area contributed by atoms with Crippen molar-refractivity contribution in [1.82, 2.24) is 14.8 Å². The van der Waals surface area contributed by atoms with Crippen LogP contribution >= 0.6 is 11.6 Å². The summed E-state index contributed by atoms with van der Waals surface area (Å²) in [6, 6.07) is 14.8. The quantitative estimate of drug-likeness (QED) is 0.640. The van der Waals surface area contributed by atoms with Crippen molar-refractivity contribution < 1.29 is 4.79 Å². The molecular formula is C21H23ClN4O. The zero-order valence-electron chi connectivity index (χ0n) is 15.9. The zero-order valence-corrected chi connectivity index (χ0v) is 16.7. The summed E-state index contributed by atoms with van der Waals surface area (Å²) in [4.78, 5) is 17.2. The summed E-state index contributed by atoms with van der Waals surface area (Å²) in [6.45, 7) is 8.42. The summed E-state index contributed by atoms with van der Waals surface area (Å²) in [7, 11) is 0. The van der Waals surface area contributed by atoms with Crippen LogP contribution in [0.15, 0.2) is 48.5 Å². The van der Waals surface area contributed by atoms with Gasteiger partial charge in [0.1, 0.15) is 5.69 Å². The maximum absolute atomic E-state index is 12.7. The van der Waals surface area contributed by atoms with Crippen molar-refractivity contribution in [3.8, 4) is 5.82 Å². The molecule has 1 aromatic carbocycles. The van der Waals surface area contributed by atoms with E-state index in [0.717, 1.165) is 11.4 Å². The molecule has 5 nitrogen and oxygen atoms in total. The van der Waals surface area contributed by atoms with Gasteiger partial charge in [-0.25, -0.2) is 9.67 Å².